The monoisotopic (exact) mass is 245 g/mol. The number of nitrogens with zero attached hydrogens (tertiary/aromatic N) is 3. The first-order valence-electron chi connectivity index (χ1n) is 5.74. The Hall–Kier alpha value is -2.17. The van der Waals surface area contributed by atoms with E-state index in [-0.39, 0.29) is 11.7 Å². The SMILES string of the molecule is Cc1cc(C(=O)N(C)CCc2ccncc2)on1. The molecule has 1 amide bonds. The highest BCUT2D eigenvalue weighted by atomic mass is 16.5. The van der Waals surface area contributed by atoms with Crippen molar-refractivity contribution in [3.63, 3.8) is 0 Å². The van der Waals surface area contributed by atoms with Crippen molar-refractivity contribution in [3.8, 4) is 0 Å². The molecule has 0 aromatic carbocycles. The summed E-state index contributed by atoms with van der Waals surface area (Å²) in [4.78, 5) is 17.5. The largest absolute Gasteiger partial charge is 0.351 e. The molecule has 2 heterocycles. The van der Waals surface area contributed by atoms with E-state index < -0.39 is 0 Å². The Morgan fingerprint density at radius 2 is 2.11 bits per heavy atom. The minimum absolute atomic E-state index is 0.148. The van der Waals surface area contributed by atoms with E-state index in [1.165, 1.54) is 0 Å². The minimum Gasteiger partial charge on any atom is -0.351 e. The van der Waals surface area contributed by atoms with Crippen LogP contribution in [0.5, 0.6) is 0 Å². The first-order valence-corrected chi connectivity index (χ1v) is 5.74. The van der Waals surface area contributed by atoms with Gasteiger partial charge in [0.1, 0.15) is 0 Å². The van der Waals surface area contributed by atoms with E-state index in [0.29, 0.717) is 12.2 Å². The van der Waals surface area contributed by atoms with Gasteiger partial charge in [-0.05, 0) is 31.0 Å². The van der Waals surface area contributed by atoms with Gasteiger partial charge in [0.25, 0.3) is 5.91 Å². The molecule has 0 atom stereocenters. The third kappa shape index (κ3) is 2.94. The number of pyridine rings is 1. The maximum atomic E-state index is 12.0. The van der Waals surface area contributed by atoms with Crippen molar-refractivity contribution >= 4 is 5.91 Å². The minimum atomic E-state index is -0.148. The van der Waals surface area contributed by atoms with Gasteiger partial charge in [-0.15, -0.1) is 0 Å². The third-order valence-electron chi connectivity index (χ3n) is 2.67. The van der Waals surface area contributed by atoms with E-state index in [4.69, 9.17) is 4.52 Å². The molecular formula is C13H15N3O2. The molecule has 18 heavy (non-hydrogen) atoms. The fourth-order valence-electron chi connectivity index (χ4n) is 1.60. The van der Waals surface area contributed by atoms with Crippen LogP contribution >= 0.6 is 0 Å². The van der Waals surface area contributed by atoms with Gasteiger partial charge in [0.05, 0.1) is 5.69 Å². The number of aryl methyl sites for hydroxylation is 1. The Morgan fingerprint density at radius 1 is 1.39 bits per heavy atom. The van der Waals surface area contributed by atoms with Gasteiger partial charge in [-0.2, -0.15) is 0 Å². The Bertz CT molecular complexity index is 522. The van der Waals surface area contributed by atoms with Crippen LogP contribution in [-0.2, 0) is 6.42 Å². The van der Waals surface area contributed by atoms with E-state index in [2.05, 4.69) is 10.1 Å². The summed E-state index contributed by atoms with van der Waals surface area (Å²) >= 11 is 0. The van der Waals surface area contributed by atoms with Crippen molar-refractivity contribution in [1.82, 2.24) is 15.0 Å². The number of carbonyl (C=O) groups excluding carboxylic acids is 1. The van der Waals surface area contributed by atoms with E-state index in [1.807, 2.05) is 12.1 Å². The van der Waals surface area contributed by atoms with Gasteiger partial charge in [-0.1, -0.05) is 5.16 Å². The summed E-state index contributed by atoms with van der Waals surface area (Å²) in [5, 5.41) is 3.71. The quantitative estimate of drug-likeness (QED) is 0.822. The Balaban J connectivity index is 1.92. The van der Waals surface area contributed by atoms with Crippen molar-refractivity contribution in [2.45, 2.75) is 13.3 Å². The molecule has 0 N–H and O–H groups in total. The van der Waals surface area contributed by atoms with Gasteiger partial charge in [0.15, 0.2) is 0 Å². The van der Waals surface area contributed by atoms with Crippen LogP contribution in [0.15, 0.2) is 35.1 Å². The third-order valence-corrected chi connectivity index (χ3v) is 2.67. The van der Waals surface area contributed by atoms with Crippen molar-refractivity contribution < 1.29 is 9.32 Å². The predicted molar refractivity (Wildman–Crippen MR) is 66.1 cm³/mol. The lowest BCUT2D eigenvalue weighted by Crippen LogP contribution is -2.28. The highest BCUT2D eigenvalue weighted by Crippen LogP contribution is 2.06. The van der Waals surface area contributed by atoms with Crippen LogP contribution in [0, 0.1) is 6.92 Å². The smallest absolute Gasteiger partial charge is 0.292 e. The number of hydrogen-bond donors (Lipinski definition) is 0. The molecule has 5 heteroatoms. The van der Waals surface area contributed by atoms with E-state index in [1.54, 1.807) is 37.3 Å². The van der Waals surface area contributed by atoms with Crippen LogP contribution in [0.25, 0.3) is 0 Å². The lowest BCUT2D eigenvalue weighted by molar-refractivity contribution is 0.0755. The number of rotatable bonds is 4. The van der Waals surface area contributed by atoms with Gasteiger partial charge >= 0.3 is 0 Å². The van der Waals surface area contributed by atoms with E-state index in [9.17, 15) is 4.79 Å². The number of amides is 1. The van der Waals surface area contributed by atoms with Crippen molar-refractivity contribution in [2.24, 2.45) is 0 Å². The van der Waals surface area contributed by atoms with Gasteiger partial charge in [0, 0.05) is 32.1 Å². The first-order chi connectivity index (χ1) is 8.66. The lowest BCUT2D eigenvalue weighted by atomic mass is 10.2. The number of hydrogen-bond acceptors (Lipinski definition) is 4. The zero-order valence-electron chi connectivity index (χ0n) is 10.5. The summed E-state index contributed by atoms with van der Waals surface area (Å²) in [5.41, 5.74) is 1.86. The van der Waals surface area contributed by atoms with Crippen molar-refractivity contribution in [1.29, 1.82) is 0 Å². The molecule has 0 saturated carbocycles. The summed E-state index contributed by atoms with van der Waals surface area (Å²) in [5.74, 6) is 0.134. The number of likely N-dealkylation sites (N-methyl/N-ethyl adjacent to an activating group) is 1. The number of aromatic nitrogens is 2. The molecule has 0 aliphatic carbocycles. The maximum Gasteiger partial charge on any atom is 0.292 e. The van der Waals surface area contributed by atoms with Crippen LogP contribution < -0.4 is 0 Å². The van der Waals surface area contributed by atoms with Crippen LogP contribution in [0.1, 0.15) is 21.8 Å². The summed E-state index contributed by atoms with van der Waals surface area (Å²) in [6.45, 7) is 2.42. The lowest BCUT2D eigenvalue weighted by Gasteiger charge is -2.14. The summed E-state index contributed by atoms with van der Waals surface area (Å²) in [6, 6.07) is 5.53. The molecule has 2 rings (SSSR count). The molecule has 0 radical (unpaired) electrons. The average Bonchev–Trinajstić information content (AvgIpc) is 2.83. The molecule has 94 valence electrons. The molecule has 0 saturated heterocycles. The van der Waals surface area contributed by atoms with Gasteiger partial charge in [-0.25, -0.2) is 0 Å². The van der Waals surface area contributed by atoms with Gasteiger partial charge in [-0.3, -0.25) is 9.78 Å². The van der Waals surface area contributed by atoms with Crippen molar-refractivity contribution in [2.75, 3.05) is 13.6 Å². The summed E-state index contributed by atoms with van der Waals surface area (Å²) < 4.78 is 4.95. The topological polar surface area (TPSA) is 59.2 Å². The highest BCUT2D eigenvalue weighted by molar-refractivity contribution is 5.91. The molecule has 2 aromatic rings. The number of carbonyl (C=O) groups is 1. The second kappa shape index (κ2) is 5.44. The molecule has 0 aliphatic heterocycles. The second-order valence-corrected chi connectivity index (χ2v) is 4.16. The molecule has 0 unspecified atom stereocenters. The molecule has 0 fully saturated rings. The van der Waals surface area contributed by atoms with Crippen molar-refractivity contribution in [3.05, 3.63) is 47.6 Å². The molecule has 0 spiro atoms. The van der Waals surface area contributed by atoms with Crippen LogP contribution in [0.4, 0.5) is 0 Å². The van der Waals surface area contributed by atoms with Crippen LogP contribution in [-0.4, -0.2) is 34.5 Å². The van der Waals surface area contributed by atoms with Gasteiger partial charge < -0.3 is 9.42 Å². The van der Waals surface area contributed by atoms with Crippen LogP contribution in [0.2, 0.25) is 0 Å². The predicted octanol–water partition coefficient (Wildman–Crippen LogP) is 1.69. The molecule has 0 aliphatic rings. The maximum absolute atomic E-state index is 12.0. The normalized spacial score (nSPS) is 10.3. The fourth-order valence-corrected chi connectivity index (χ4v) is 1.60. The molecule has 2 aromatic heterocycles. The zero-order valence-corrected chi connectivity index (χ0v) is 10.5. The zero-order chi connectivity index (χ0) is 13.0. The summed E-state index contributed by atoms with van der Waals surface area (Å²) in [7, 11) is 1.75. The standard InChI is InChI=1S/C13H15N3O2/c1-10-9-12(18-15-10)13(17)16(2)8-5-11-3-6-14-7-4-11/h3-4,6-7,9H,5,8H2,1-2H3. The fraction of sp³-hybridized carbons (Fsp3) is 0.308. The van der Waals surface area contributed by atoms with Crippen LogP contribution in [0.3, 0.4) is 0 Å². The summed E-state index contributed by atoms with van der Waals surface area (Å²) in [6.07, 6.45) is 4.28. The Kier molecular flexibility index (Phi) is 3.72. The molecule has 0 bridgehead atoms. The Labute approximate surface area is 105 Å². The molecule has 5 nitrogen and oxygen atoms in total. The molecular weight excluding hydrogens is 230 g/mol. The van der Waals surface area contributed by atoms with E-state index >= 15 is 0 Å². The van der Waals surface area contributed by atoms with Gasteiger partial charge in [0.2, 0.25) is 5.76 Å². The van der Waals surface area contributed by atoms with E-state index in [0.717, 1.165) is 12.0 Å². The second-order valence-electron chi connectivity index (χ2n) is 4.16. The first kappa shape index (κ1) is 12.3. The highest BCUT2D eigenvalue weighted by Gasteiger charge is 2.16. The average molecular weight is 245 g/mol. The Morgan fingerprint density at radius 3 is 2.72 bits per heavy atom.